The minimum absolute atomic E-state index is 0.127. The molecule has 0 atom stereocenters. The number of nitro groups is 1. The van der Waals surface area contributed by atoms with E-state index in [0.29, 0.717) is 14.6 Å². The van der Waals surface area contributed by atoms with Crippen LogP contribution in [0.1, 0.15) is 27.2 Å². The average Bonchev–Trinajstić information content (AvgIpc) is 2.38. The van der Waals surface area contributed by atoms with Crippen molar-refractivity contribution in [2.45, 2.75) is 27.2 Å². The molecule has 7 nitrogen and oxygen atoms in total. The van der Waals surface area contributed by atoms with Gasteiger partial charge >= 0.3 is 5.97 Å². The Hall–Kier alpha value is -1.48. The first-order valence-corrected chi connectivity index (χ1v) is 8.17. The maximum Gasteiger partial charge on any atom is 0.306 e. The zero-order valence-electron chi connectivity index (χ0n) is 12.8. The smallest absolute Gasteiger partial charge is 0.306 e. The molecular formula is C14H16Br2N2O5. The summed E-state index contributed by atoms with van der Waals surface area (Å²) in [6.45, 7) is 5.24. The third-order valence-electron chi connectivity index (χ3n) is 2.54. The number of non-ortho nitro benzene ring substituents is 1. The van der Waals surface area contributed by atoms with Crippen LogP contribution in [0.5, 0.6) is 0 Å². The standard InChI is InChI=1S/C14H16Br2N2O5/c1-14(2,3)6-12(20)23-7-11(19)17-13-9(15)4-8(18(21)22)5-10(13)16/h4-5H,6-7H2,1-3H3,(H,17,19). The Bertz CT molecular complexity index is 618. The number of carbonyl (C=O) groups excluding carboxylic acids is 2. The van der Waals surface area contributed by atoms with Crippen molar-refractivity contribution in [3.8, 4) is 0 Å². The molecule has 0 heterocycles. The molecule has 9 heteroatoms. The highest BCUT2D eigenvalue weighted by atomic mass is 79.9. The Morgan fingerprint density at radius 2 is 1.78 bits per heavy atom. The number of hydrogen-bond donors (Lipinski definition) is 1. The van der Waals surface area contributed by atoms with Gasteiger partial charge < -0.3 is 10.1 Å². The summed E-state index contributed by atoms with van der Waals surface area (Å²) >= 11 is 6.32. The molecule has 1 aromatic rings. The maximum absolute atomic E-state index is 11.8. The second-order valence-corrected chi connectivity index (χ2v) is 7.70. The van der Waals surface area contributed by atoms with Gasteiger partial charge in [-0.05, 0) is 37.3 Å². The Morgan fingerprint density at radius 1 is 1.26 bits per heavy atom. The maximum atomic E-state index is 11.8. The molecule has 1 aromatic carbocycles. The van der Waals surface area contributed by atoms with Gasteiger partial charge in [-0.1, -0.05) is 20.8 Å². The molecular weight excluding hydrogens is 436 g/mol. The van der Waals surface area contributed by atoms with Gasteiger partial charge in [0, 0.05) is 21.1 Å². The summed E-state index contributed by atoms with van der Waals surface area (Å²) in [6, 6.07) is 2.54. The minimum atomic E-state index is -0.546. The van der Waals surface area contributed by atoms with Gasteiger partial charge in [0.15, 0.2) is 6.61 Å². The number of esters is 1. The number of hydrogen-bond acceptors (Lipinski definition) is 5. The SMILES string of the molecule is CC(C)(C)CC(=O)OCC(=O)Nc1c(Br)cc([N+](=O)[O-])cc1Br. The molecule has 0 spiro atoms. The van der Waals surface area contributed by atoms with Crippen LogP contribution in [-0.2, 0) is 14.3 Å². The van der Waals surface area contributed by atoms with Gasteiger partial charge in [0.25, 0.3) is 11.6 Å². The van der Waals surface area contributed by atoms with Gasteiger partial charge in [0.2, 0.25) is 0 Å². The zero-order valence-corrected chi connectivity index (χ0v) is 16.0. The number of halogens is 2. The lowest BCUT2D eigenvalue weighted by molar-refractivity contribution is -0.385. The van der Waals surface area contributed by atoms with E-state index in [0.717, 1.165) is 0 Å². The van der Waals surface area contributed by atoms with Crippen molar-refractivity contribution in [2.75, 3.05) is 11.9 Å². The van der Waals surface area contributed by atoms with Crippen LogP contribution in [0.4, 0.5) is 11.4 Å². The molecule has 0 aliphatic carbocycles. The second kappa shape index (κ2) is 7.87. The van der Waals surface area contributed by atoms with Crippen LogP contribution < -0.4 is 5.32 Å². The summed E-state index contributed by atoms with van der Waals surface area (Å²) in [5, 5.41) is 13.3. The molecule has 23 heavy (non-hydrogen) atoms. The largest absolute Gasteiger partial charge is 0.456 e. The van der Waals surface area contributed by atoms with E-state index in [-0.39, 0.29) is 17.5 Å². The normalized spacial score (nSPS) is 11.0. The summed E-state index contributed by atoms with van der Waals surface area (Å²) in [6.07, 6.45) is 0.200. The highest BCUT2D eigenvalue weighted by Gasteiger charge is 2.19. The molecule has 1 rings (SSSR count). The first-order valence-electron chi connectivity index (χ1n) is 6.58. The monoisotopic (exact) mass is 450 g/mol. The molecule has 0 saturated heterocycles. The number of nitrogens with zero attached hydrogens (tertiary/aromatic N) is 1. The van der Waals surface area contributed by atoms with Crippen LogP contribution in [0.25, 0.3) is 0 Å². The lowest BCUT2D eigenvalue weighted by atomic mass is 9.93. The molecule has 0 radical (unpaired) electrons. The Labute approximate surface area is 150 Å². The van der Waals surface area contributed by atoms with Crippen LogP contribution in [0, 0.1) is 15.5 Å². The van der Waals surface area contributed by atoms with E-state index >= 15 is 0 Å². The van der Waals surface area contributed by atoms with E-state index in [4.69, 9.17) is 4.74 Å². The summed E-state index contributed by atoms with van der Waals surface area (Å²) in [4.78, 5) is 33.6. The lowest BCUT2D eigenvalue weighted by Gasteiger charge is -2.16. The van der Waals surface area contributed by atoms with E-state index in [1.807, 2.05) is 20.8 Å². The van der Waals surface area contributed by atoms with Crippen LogP contribution >= 0.6 is 31.9 Å². The number of benzene rings is 1. The third-order valence-corrected chi connectivity index (χ3v) is 3.79. The quantitative estimate of drug-likeness (QED) is 0.413. The van der Waals surface area contributed by atoms with Crippen molar-refractivity contribution in [3.63, 3.8) is 0 Å². The van der Waals surface area contributed by atoms with E-state index in [1.54, 1.807) is 0 Å². The third kappa shape index (κ3) is 6.66. The molecule has 0 fully saturated rings. The first-order chi connectivity index (χ1) is 10.5. The van der Waals surface area contributed by atoms with Crippen LogP contribution in [0.2, 0.25) is 0 Å². The van der Waals surface area contributed by atoms with Gasteiger partial charge in [-0.2, -0.15) is 0 Å². The van der Waals surface area contributed by atoms with Gasteiger partial charge in [0.1, 0.15) is 0 Å². The van der Waals surface area contributed by atoms with E-state index in [2.05, 4.69) is 37.2 Å². The van der Waals surface area contributed by atoms with Crippen molar-refractivity contribution in [2.24, 2.45) is 5.41 Å². The van der Waals surface area contributed by atoms with E-state index < -0.39 is 23.4 Å². The highest BCUT2D eigenvalue weighted by Crippen LogP contribution is 2.35. The fourth-order valence-corrected chi connectivity index (χ4v) is 2.95. The molecule has 126 valence electrons. The molecule has 1 amide bonds. The summed E-state index contributed by atoms with van der Waals surface area (Å²) < 4.78 is 5.59. The topological polar surface area (TPSA) is 98.5 Å². The average molecular weight is 452 g/mol. The Balaban J connectivity index is 2.68. The van der Waals surface area contributed by atoms with Gasteiger partial charge in [0.05, 0.1) is 17.0 Å². The van der Waals surface area contributed by atoms with Crippen LogP contribution in [0.3, 0.4) is 0 Å². The van der Waals surface area contributed by atoms with Crippen LogP contribution in [0.15, 0.2) is 21.1 Å². The van der Waals surface area contributed by atoms with Gasteiger partial charge in [-0.3, -0.25) is 19.7 Å². The lowest BCUT2D eigenvalue weighted by Crippen LogP contribution is -2.23. The van der Waals surface area contributed by atoms with Crippen molar-refractivity contribution in [1.29, 1.82) is 0 Å². The number of anilines is 1. The number of nitro benzene ring substituents is 1. The number of rotatable bonds is 5. The first kappa shape index (κ1) is 19.6. The van der Waals surface area contributed by atoms with Crippen molar-refractivity contribution < 1.29 is 19.2 Å². The molecule has 1 N–H and O–H groups in total. The molecule has 0 unspecified atom stereocenters. The van der Waals surface area contributed by atoms with Gasteiger partial charge in [-0.25, -0.2) is 0 Å². The fourth-order valence-electron chi connectivity index (χ4n) is 1.59. The molecule has 0 aromatic heterocycles. The van der Waals surface area contributed by atoms with Crippen LogP contribution in [-0.4, -0.2) is 23.4 Å². The number of amides is 1. The fraction of sp³-hybridized carbons (Fsp3) is 0.429. The predicted molar refractivity (Wildman–Crippen MR) is 92.2 cm³/mol. The number of carbonyl (C=O) groups is 2. The molecule has 0 bridgehead atoms. The summed E-state index contributed by atoms with van der Waals surface area (Å²) in [5.74, 6) is -1.00. The predicted octanol–water partition coefficient (Wildman–Crippen LogP) is 4.04. The van der Waals surface area contributed by atoms with Gasteiger partial charge in [-0.15, -0.1) is 0 Å². The van der Waals surface area contributed by atoms with Crippen molar-refractivity contribution >= 4 is 55.1 Å². The Kier molecular flexibility index (Phi) is 6.69. The zero-order chi connectivity index (χ0) is 17.8. The molecule has 0 aliphatic heterocycles. The van der Waals surface area contributed by atoms with E-state index in [1.165, 1.54) is 12.1 Å². The highest BCUT2D eigenvalue weighted by molar-refractivity contribution is 9.11. The van der Waals surface area contributed by atoms with E-state index in [9.17, 15) is 19.7 Å². The summed E-state index contributed by atoms with van der Waals surface area (Å²) in [7, 11) is 0. The molecule has 0 saturated carbocycles. The van der Waals surface area contributed by atoms with Crippen molar-refractivity contribution in [3.05, 3.63) is 31.2 Å². The second-order valence-electron chi connectivity index (χ2n) is 5.99. The Morgan fingerprint density at radius 3 is 2.22 bits per heavy atom. The molecule has 0 aliphatic rings. The number of nitrogens with one attached hydrogen (secondary N) is 1. The summed E-state index contributed by atoms with van der Waals surface area (Å²) in [5.41, 5.74) is -0.0244. The number of ether oxygens (including phenoxy) is 1. The van der Waals surface area contributed by atoms with Crippen molar-refractivity contribution in [1.82, 2.24) is 0 Å². The minimum Gasteiger partial charge on any atom is -0.456 e.